The number of rotatable bonds is 6. The van der Waals surface area contributed by atoms with Crippen molar-refractivity contribution in [3.63, 3.8) is 0 Å². The number of anilines is 1. The number of nitrogens with one attached hydrogen (secondary N) is 3. The highest BCUT2D eigenvalue weighted by Gasteiger charge is 2.15. The first-order chi connectivity index (χ1) is 12.1. The predicted molar refractivity (Wildman–Crippen MR) is 99.6 cm³/mol. The molecule has 0 aromatic heterocycles. The number of hydrazine groups is 1. The van der Waals surface area contributed by atoms with Crippen LogP contribution in [0.1, 0.15) is 43.4 Å². The Kier molecular flexibility index (Phi) is 5.68. The Morgan fingerprint density at radius 3 is 2.48 bits per heavy atom. The molecule has 3 rings (SSSR count). The molecule has 2 aromatic carbocycles. The third-order valence-electron chi connectivity index (χ3n) is 4.35. The van der Waals surface area contributed by atoms with Gasteiger partial charge in [-0.2, -0.15) is 0 Å². The highest BCUT2D eigenvalue weighted by atomic mass is 16.5. The molecule has 0 saturated carbocycles. The average Bonchev–Trinajstić information content (AvgIpc) is 3.15. The van der Waals surface area contributed by atoms with Crippen LogP contribution in [0, 0.1) is 0 Å². The van der Waals surface area contributed by atoms with Crippen LogP contribution in [0.4, 0.5) is 5.69 Å². The van der Waals surface area contributed by atoms with Crippen LogP contribution < -0.4 is 20.9 Å². The standard InChI is InChI=1S/C20H25N3O2/c1-14(2)15-5-9-18(10-6-15)25-13-20(24)22-17-7-3-16(4-8-17)19-11-12-21-23-19/h3-10,14,19,21,23H,11-13H2,1-2H3,(H,22,24). The predicted octanol–water partition coefficient (Wildman–Crippen LogP) is 3.37. The largest absolute Gasteiger partial charge is 0.484 e. The van der Waals surface area contributed by atoms with Gasteiger partial charge in [0.25, 0.3) is 5.91 Å². The molecule has 5 heteroatoms. The molecule has 1 aliphatic rings. The number of carbonyl (C=O) groups excluding carboxylic acids is 1. The molecule has 1 aliphatic heterocycles. The molecular weight excluding hydrogens is 314 g/mol. The van der Waals surface area contributed by atoms with Crippen molar-refractivity contribution in [2.45, 2.75) is 32.2 Å². The van der Waals surface area contributed by atoms with E-state index in [2.05, 4.69) is 30.0 Å². The van der Waals surface area contributed by atoms with Crippen molar-refractivity contribution in [1.29, 1.82) is 0 Å². The summed E-state index contributed by atoms with van der Waals surface area (Å²) >= 11 is 0. The van der Waals surface area contributed by atoms with Gasteiger partial charge in [0.15, 0.2) is 6.61 Å². The molecular formula is C20H25N3O2. The van der Waals surface area contributed by atoms with Gasteiger partial charge in [0.05, 0.1) is 0 Å². The molecule has 0 spiro atoms. The maximum atomic E-state index is 12.0. The molecule has 132 valence electrons. The lowest BCUT2D eigenvalue weighted by atomic mass is 10.0. The number of ether oxygens (including phenoxy) is 1. The zero-order valence-corrected chi connectivity index (χ0v) is 14.7. The van der Waals surface area contributed by atoms with E-state index in [1.54, 1.807) is 0 Å². The van der Waals surface area contributed by atoms with Crippen molar-refractivity contribution in [3.8, 4) is 5.75 Å². The molecule has 1 fully saturated rings. The van der Waals surface area contributed by atoms with Crippen LogP contribution in [0.15, 0.2) is 48.5 Å². The van der Waals surface area contributed by atoms with Gasteiger partial charge in [-0.3, -0.25) is 15.6 Å². The molecule has 1 atom stereocenters. The minimum absolute atomic E-state index is 0.00310. The lowest BCUT2D eigenvalue weighted by Gasteiger charge is -2.12. The maximum absolute atomic E-state index is 12.0. The fraction of sp³-hybridized carbons (Fsp3) is 0.350. The first kappa shape index (κ1) is 17.5. The van der Waals surface area contributed by atoms with Crippen molar-refractivity contribution < 1.29 is 9.53 Å². The minimum atomic E-state index is -0.165. The lowest BCUT2D eigenvalue weighted by molar-refractivity contribution is -0.118. The van der Waals surface area contributed by atoms with Gasteiger partial charge in [0, 0.05) is 18.3 Å². The van der Waals surface area contributed by atoms with Crippen LogP contribution in [-0.2, 0) is 4.79 Å². The highest BCUT2D eigenvalue weighted by Crippen LogP contribution is 2.21. The monoisotopic (exact) mass is 339 g/mol. The van der Waals surface area contributed by atoms with E-state index < -0.39 is 0 Å². The first-order valence-corrected chi connectivity index (χ1v) is 8.73. The number of amides is 1. The van der Waals surface area contributed by atoms with Crippen molar-refractivity contribution in [2.24, 2.45) is 0 Å². The minimum Gasteiger partial charge on any atom is -0.484 e. The van der Waals surface area contributed by atoms with Crippen LogP contribution in [0.2, 0.25) is 0 Å². The van der Waals surface area contributed by atoms with E-state index >= 15 is 0 Å². The van der Waals surface area contributed by atoms with Crippen LogP contribution in [0.3, 0.4) is 0 Å². The normalized spacial score (nSPS) is 16.8. The summed E-state index contributed by atoms with van der Waals surface area (Å²) in [5.41, 5.74) is 9.59. The summed E-state index contributed by atoms with van der Waals surface area (Å²) in [7, 11) is 0. The van der Waals surface area contributed by atoms with E-state index in [9.17, 15) is 4.79 Å². The summed E-state index contributed by atoms with van der Waals surface area (Å²) in [6, 6.07) is 16.1. The van der Waals surface area contributed by atoms with E-state index in [1.807, 2.05) is 48.5 Å². The zero-order chi connectivity index (χ0) is 17.6. The molecule has 3 N–H and O–H groups in total. The number of hydrogen-bond acceptors (Lipinski definition) is 4. The lowest BCUT2D eigenvalue weighted by Crippen LogP contribution is -2.24. The number of carbonyl (C=O) groups is 1. The molecule has 1 unspecified atom stereocenters. The summed E-state index contributed by atoms with van der Waals surface area (Å²) in [5.74, 6) is 1.02. The molecule has 0 radical (unpaired) electrons. The summed E-state index contributed by atoms with van der Waals surface area (Å²) in [5, 5.41) is 2.86. The number of benzene rings is 2. The van der Waals surface area contributed by atoms with Crippen LogP contribution in [0.5, 0.6) is 5.75 Å². The molecule has 0 bridgehead atoms. The van der Waals surface area contributed by atoms with Gasteiger partial charge in [-0.1, -0.05) is 38.1 Å². The van der Waals surface area contributed by atoms with E-state index in [0.29, 0.717) is 17.7 Å². The Labute approximate surface area is 148 Å². The summed E-state index contributed by atoms with van der Waals surface area (Å²) in [6.45, 7) is 5.26. The van der Waals surface area contributed by atoms with E-state index in [0.717, 1.165) is 18.7 Å². The Morgan fingerprint density at radius 2 is 1.88 bits per heavy atom. The SMILES string of the molecule is CC(C)c1ccc(OCC(=O)Nc2ccc(C3CCNN3)cc2)cc1. The maximum Gasteiger partial charge on any atom is 0.262 e. The van der Waals surface area contributed by atoms with E-state index in [4.69, 9.17) is 4.74 Å². The van der Waals surface area contributed by atoms with Gasteiger partial charge in [0.2, 0.25) is 0 Å². The Balaban J connectivity index is 1.48. The molecule has 1 heterocycles. The second-order valence-corrected chi connectivity index (χ2v) is 6.59. The van der Waals surface area contributed by atoms with E-state index in [-0.39, 0.29) is 12.5 Å². The second-order valence-electron chi connectivity index (χ2n) is 6.59. The van der Waals surface area contributed by atoms with Crippen LogP contribution >= 0.6 is 0 Å². The van der Waals surface area contributed by atoms with Gasteiger partial charge < -0.3 is 10.1 Å². The highest BCUT2D eigenvalue weighted by molar-refractivity contribution is 5.91. The Bertz CT molecular complexity index is 690. The summed E-state index contributed by atoms with van der Waals surface area (Å²) in [4.78, 5) is 12.0. The van der Waals surface area contributed by atoms with Gasteiger partial charge in [0.1, 0.15) is 5.75 Å². The van der Waals surface area contributed by atoms with Crippen molar-refractivity contribution in [1.82, 2.24) is 10.9 Å². The summed E-state index contributed by atoms with van der Waals surface area (Å²) in [6.07, 6.45) is 1.06. The molecule has 0 aliphatic carbocycles. The molecule has 2 aromatic rings. The van der Waals surface area contributed by atoms with Gasteiger partial charge >= 0.3 is 0 Å². The fourth-order valence-corrected chi connectivity index (χ4v) is 2.83. The third-order valence-corrected chi connectivity index (χ3v) is 4.35. The summed E-state index contributed by atoms with van der Waals surface area (Å²) < 4.78 is 5.55. The first-order valence-electron chi connectivity index (χ1n) is 8.73. The second kappa shape index (κ2) is 8.14. The van der Waals surface area contributed by atoms with E-state index in [1.165, 1.54) is 11.1 Å². The third kappa shape index (κ3) is 4.81. The van der Waals surface area contributed by atoms with Crippen LogP contribution in [0.25, 0.3) is 0 Å². The van der Waals surface area contributed by atoms with Gasteiger partial charge in [-0.05, 0) is 47.7 Å². The molecule has 25 heavy (non-hydrogen) atoms. The molecule has 1 amide bonds. The zero-order valence-electron chi connectivity index (χ0n) is 14.7. The number of hydrogen-bond donors (Lipinski definition) is 3. The molecule has 5 nitrogen and oxygen atoms in total. The smallest absolute Gasteiger partial charge is 0.262 e. The van der Waals surface area contributed by atoms with Crippen molar-refractivity contribution in [2.75, 3.05) is 18.5 Å². The van der Waals surface area contributed by atoms with Crippen molar-refractivity contribution in [3.05, 3.63) is 59.7 Å². The average molecular weight is 339 g/mol. The van der Waals surface area contributed by atoms with Crippen LogP contribution in [-0.4, -0.2) is 19.1 Å². The Hall–Kier alpha value is -2.37. The van der Waals surface area contributed by atoms with Crippen molar-refractivity contribution >= 4 is 11.6 Å². The van der Waals surface area contributed by atoms with Gasteiger partial charge in [-0.15, -0.1) is 0 Å². The fourth-order valence-electron chi connectivity index (χ4n) is 2.83. The van der Waals surface area contributed by atoms with Gasteiger partial charge in [-0.25, -0.2) is 0 Å². The molecule has 1 saturated heterocycles. The Morgan fingerprint density at radius 1 is 1.16 bits per heavy atom. The quantitative estimate of drug-likeness (QED) is 0.755. The topological polar surface area (TPSA) is 62.4 Å².